The van der Waals surface area contributed by atoms with E-state index in [-0.39, 0.29) is 17.7 Å². The molecule has 180 valence electrons. The second-order valence-corrected chi connectivity index (χ2v) is 9.25. The molecule has 2 amide bonds. The molecule has 0 bridgehead atoms. The highest BCUT2D eigenvalue weighted by Gasteiger charge is 2.27. The van der Waals surface area contributed by atoms with E-state index in [1.165, 1.54) is 0 Å². The minimum Gasteiger partial charge on any atom is -0.352 e. The molecule has 0 atom stereocenters. The van der Waals surface area contributed by atoms with E-state index in [0.717, 1.165) is 39.1 Å². The molecule has 0 spiro atoms. The Morgan fingerprint density at radius 3 is 2.66 bits per heavy atom. The van der Waals surface area contributed by atoms with Crippen LogP contribution >= 0.6 is 0 Å². The summed E-state index contributed by atoms with van der Waals surface area (Å²) in [5.74, 6) is 0.127. The zero-order valence-electron chi connectivity index (χ0n) is 20.2. The standard InChI is InChI=1S/C27H30N6O2/c1-18-22(19(2)33-26(30-18)23-7-3-4-8-24(23)31-33)9-10-25(34)32-14-11-21(12-15-32)27(35)29-17-20-6-5-13-28-16-20/h3-8,13,16,21H,9-12,14-15,17H2,1-2H3,(H,29,35). The number of pyridine rings is 1. The number of fused-ring (bicyclic) bond motifs is 3. The summed E-state index contributed by atoms with van der Waals surface area (Å²) < 4.78 is 1.90. The van der Waals surface area contributed by atoms with Crippen molar-refractivity contribution in [1.82, 2.24) is 29.8 Å². The van der Waals surface area contributed by atoms with Gasteiger partial charge in [-0.15, -0.1) is 0 Å². The summed E-state index contributed by atoms with van der Waals surface area (Å²) in [5.41, 5.74) is 5.80. The number of rotatable bonds is 6. The minimum atomic E-state index is -0.0548. The largest absolute Gasteiger partial charge is 0.352 e. The number of aromatic nitrogens is 4. The van der Waals surface area contributed by atoms with E-state index >= 15 is 0 Å². The molecule has 4 heterocycles. The fraction of sp³-hybridized carbons (Fsp3) is 0.370. The molecule has 1 fully saturated rings. The number of carbonyl (C=O) groups excluding carboxylic acids is 2. The van der Waals surface area contributed by atoms with Gasteiger partial charge >= 0.3 is 0 Å². The Hall–Kier alpha value is -3.81. The lowest BCUT2D eigenvalue weighted by Crippen LogP contribution is -2.43. The molecule has 35 heavy (non-hydrogen) atoms. The number of piperidine rings is 1. The Morgan fingerprint density at radius 2 is 1.89 bits per heavy atom. The molecule has 0 radical (unpaired) electrons. The lowest BCUT2D eigenvalue weighted by molar-refractivity contribution is -0.135. The van der Waals surface area contributed by atoms with Crippen molar-refractivity contribution in [3.8, 4) is 0 Å². The molecule has 3 aromatic heterocycles. The summed E-state index contributed by atoms with van der Waals surface area (Å²) in [5, 5.41) is 8.74. The predicted octanol–water partition coefficient (Wildman–Crippen LogP) is 3.38. The Labute approximate surface area is 204 Å². The van der Waals surface area contributed by atoms with Gasteiger partial charge in [0.05, 0.1) is 5.52 Å². The maximum atomic E-state index is 13.0. The number of nitrogens with one attached hydrogen (secondary N) is 1. The molecule has 0 unspecified atom stereocenters. The molecule has 8 nitrogen and oxygen atoms in total. The number of benzene rings is 1. The average Bonchev–Trinajstić information content (AvgIpc) is 3.26. The van der Waals surface area contributed by atoms with E-state index in [9.17, 15) is 9.59 Å². The molecule has 0 saturated carbocycles. The molecule has 8 heteroatoms. The smallest absolute Gasteiger partial charge is 0.223 e. The van der Waals surface area contributed by atoms with Gasteiger partial charge in [-0.25, -0.2) is 9.50 Å². The molecule has 1 aliphatic rings. The van der Waals surface area contributed by atoms with Crippen LogP contribution in [0.3, 0.4) is 0 Å². The van der Waals surface area contributed by atoms with Crippen LogP contribution in [-0.2, 0) is 22.6 Å². The van der Waals surface area contributed by atoms with E-state index < -0.39 is 0 Å². The van der Waals surface area contributed by atoms with Gasteiger partial charge in [0.2, 0.25) is 11.8 Å². The van der Waals surface area contributed by atoms with Crippen molar-refractivity contribution in [3.05, 3.63) is 71.3 Å². The van der Waals surface area contributed by atoms with Gasteiger partial charge < -0.3 is 10.2 Å². The topological polar surface area (TPSA) is 92.5 Å². The third-order valence-electron chi connectivity index (χ3n) is 7.01. The normalized spacial score (nSPS) is 14.5. The third-order valence-corrected chi connectivity index (χ3v) is 7.01. The number of amides is 2. The number of carbonyl (C=O) groups is 2. The fourth-order valence-corrected chi connectivity index (χ4v) is 4.96. The van der Waals surface area contributed by atoms with E-state index in [1.807, 2.05) is 59.7 Å². The van der Waals surface area contributed by atoms with Crippen molar-refractivity contribution in [3.63, 3.8) is 0 Å². The monoisotopic (exact) mass is 470 g/mol. The van der Waals surface area contributed by atoms with Gasteiger partial charge in [0, 0.05) is 61.1 Å². The molecule has 0 aliphatic carbocycles. The summed E-state index contributed by atoms with van der Waals surface area (Å²) in [4.78, 5) is 36.3. The average molecular weight is 471 g/mol. The van der Waals surface area contributed by atoms with Gasteiger partial charge in [-0.3, -0.25) is 14.6 Å². The Morgan fingerprint density at radius 1 is 1.09 bits per heavy atom. The molecule has 5 rings (SSSR count). The first-order valence-electron chi connectivity index (χ1n) is 12.2. The Bertz CT molecular complexity index is 1370. The van der Waals surface area contributed by atoms with Crippen LogP contribution < -0.4 is 5.32 Å². The second-order valence-electron chi connectivity index (χ2n) is 9.25. The first-order valence-corrected chi connectivity index (χ1v) is 12.2. The lowest BCUT2D eigenvalue weighted by Gasteiger charge is -2.31. The second kappa shape index (κ2) is 9.82. The number of hydrogen-bond acceptors (Lipinski definition) is 5. The molecule has 4 aromatic rings. The van der Waals surface area contributed by atoms with Crippen molar-refractivity contribution in [1.29, 1.82) is 0 Å². The number of hydrogen-bond donors (Lipinski definition) is 1. The molecule has 1 aromatic carbocycles. The highest BCUT2D eigenvalue weighted by atomic mass is 16.2. The zero-order valence-corrected chi connectivity index (χ0v) is 20.2. The van der Waals surface area contributed by atoms with Gasteiger partial charge in [-0.2, -0.15) is 5.10 Å². The first-order chi connectivity index (χ1) is 17.0. The van der Waals surface area contributed by atoms with Crippen LogP contribution in [0.2, 0.25) is 0 Å². The Balaban J connectivity index is 1.17. The molecule has 1 aliphatic heterocycles. The number of likely N-dealkylation sites (tertiary alicyclic amines) is 1. The zero-order chi connectivity index (χ0) is 24.4. The third kappa shape index (κ3) is 4.73. The van der Waals surface area contributed by atoms with Crippen LogP contribution in [0.1, 0.15) is 41.8 Å². The van der Waals surface area contributed by atoms with Crippen molar-refractivity contribution < 1.29 is 9.59 Å². The van der Waals surface area contributed by atoms with Crippen LogP contribution in [0.5, 0.6) is 0 Å². The van der Waals surface area contributed by atoms with Gasteiger partial charge in [-0.05, 0) is 62.4 Å². The fourth-order valence-electron chi connectivity index (χ4n) is 4.96. The quantitative estimate of drug-likeness (QED) is 0.466. The summed E-state index contributed by atoms with van der Waals surface area (Å²) >= 11 is 0. The first kappa shape index (κ1) is 23.0. The van der Waals surface area contributed by atoms with Crippen molar-refractivity contribution in [2.75, 3.05) is 13.1 Å². The minimum absolute atomic E-state index is 0.0539. The lowest BCUT2D eigenvalue weighted by atomic mass is 9.95. The molecular formula is C27H30N6O2. The van der Waals surface area contributed by atoms with Crippen LogP contribution in [0.25, 0.3) is 16.6 Å². The van der Waals surface area contributed by atoms with Crippen LogP contribution in [-0.4, -0.2) is 49.4 Å². The van der Waals surface area contributed by atoms with Crippen LogP contribution in [0, 0.1) is 19.8 Å². The van der Waals surface area contributed by atoms with Crippen molar-refractivity contribution in [2.24, 2.45) is 5.92 Å². The van der Waals surface area contributed by atoms with Gasteiger partial charge in [-0.1, -0.05) is 18.2 Å². The van der Waals surface area contributed by atoms with Gasteiger partial charge in [0.15, 0.2) is 5.65 Å². The number of aryl methyl sites for hydroxylation is 2. The maximum absolute atomic E-state index is 13.0. The van der Waals surface area contributed by atoms with E-state index in [1.54, 1.807) is 12.4 Å². The molecule has 1 N–H and O–H groups in total. The van der Waals surface area contributed by atoms with E-state index in [2.05, 4.69) is 10.3 Å². The number of nitrogens with zero attached hydrogens (tertiary/aromatic N) is 5. The summed E-state index contributed by atoms with van der Waals surface area (Å²) in [6.45, 7) is 5.76. The predicted molar refractivity (Wildman–Crippen MR) is 134 cm³/mol. The van der Waals surface area contributed by atoms with Crippen LogP contribution in [0.15, 0.2) is 48.8 Å². The SMILES string of the molecule is Cc1nc2c3ccccc3nn2c(C)c1CCC(=O)N1CCC(C(=O)NCc2cccnc2)CC1. The highest BCUT2D eigenvalue weighted by molar-refractivity contribution is 5.92. The Kier molecular flexibility index (Phi) is 6.44. The van der Waals surface area contributed by atoms with E-state index in [4.69, 9.17) is 10.1 Å². The van der Waals surface area contributed by atoms with Crippen LogP contribution in [0.4, 0.5) is 0 Å². The van der Waals surface area contributed by atoms with Crippen molar-refractivity contribution in [2.45, 2.75) is 46.1 Å². The highest BCUT2D eigenvalue weighted by Crippen LogP contribution is 2.24. The maximum Gasteiger partial charge on any atom is 0.223 e. The summed E-state index contributed by atoms with van der Waals surface area (Å²) in [7, 11) is 0. The molecule has 1 saturated heterocycles. The summed E-state index contributed by atoms with van der Waals surface area (Å²) in [6.07, 6.45) is 5.91. The van der Waals surface area contributed by atoms with Gasteiger partial charge in [0.1, 0.15) is 0 Å². The van der Waals surface area contributed by atoms with Gasteiger partial charge in [0.25, 0.3) is 0 Å². The molecular weight excluding hydrogens is 440 g/mol. The van der Waals surface area contributed by atoms with E-state index in [0.29, 0.717) is 45.3 Å². The van der Waals surface area contributed by atoms with Crippen molar-refractivity contribution >= 4 is 28.4 Å². The summed E-state index contributed by atoms with van der Waals surface area (Å²) in [6, 6.07) is 11.8.